The fraction of sp³-hybridized carbons (Fsp3) is 0.0909. The van der Waals surface area contributed by atoms with Crippen molar-refractivity contribution < 1.29 is 26.7 Å². The molecule has 0 saturated heterocycles. The van der Waals surface area contributed by atoms with Crippen LogP contribution in [-0.2, 0) is 10.0 Å². The Morgan fingerprint density at radius 3 is 2.66 bits per heavy atom. The number of pyridine rings is 1. The van der Waals surface area contributed by atoms with Gasteiger partial charge in [0, 0.05) is 23.3 Å². The summed E-state index contributed by atoms with van der Waals surface area (Å²) >= 11 is 0. The number of hydrogen-bond acceptors (Lipinski definition) is 5. The lowest BCUT2D eigenvalue weighted by molar-refractivity contribution is 0.103. The molecule has 2 aromatic heterocycles. The van der Waals surface area contributed by atoms with Crippen molar-refractivity contribution in [3.8, 4) is 5.75 Å². The summed E-state index contributed by atoms with van der Waals surface area (Å²) in [7, 11) is -2.77. The van der Waals surface area contributed by atoms with Gasteiger partial charge in [-0.3, -0.25) is 9.52 Å². The summed E-state index contributed by atoms with van der Waals surface area (Å²) in [5, 5.41) is 0.385. The van der Waals surface area contributed by atoms with E-state index in [0.717, 1.165) is 12.1 Å². The first-order valence-corrected chi connectivity index (χ1v) is 10.8. The summed E-state index contributed by atoms with van der Waals surface area (Å²) in [6, 6.07) is 9.04. The summed E-state index contributed by atoms with van der Waals surface area (Å²) in [4.78, 5) is 19.6. The molecule has 0 aliphatic carbocycles. The van der Waals surface area contributed by atoms with Gasteiger partial charge in [0.25, 0.3) is 10.0 Å². The van der Waals surface area contributed by atoms with Gasteiger partial charge in [0.1, 0.15) is 17.2 Å². The van der Waals surface area contributed by atoms with Crippen molar-refractivity contribution in [3.63, 3.8) is 0 Å². The van der Waals surface area contributed by atoms with E-state index in [0.29, 0.717) is 22.3 Å². The van der Waals surface area contributed by atoms with Crippen LogP contribution in [0.1, 0.15) is 21.5 Å². The second kappa shape index (κ2) is 8.04. The number of carbonyl (C=O) groups excluding carboxylic acids is 1. The molecule has 32 heavy (non-hydrogen) atoms. The molecule has 0 amide bonds. The van der Waals surface area contributed by atoms with Crippen LogP contribution in [0.15, 0.2) is 59.8 Å². The minimum atomic E-state index is -4.22. The normalized spacial score (nSPS) is 11.5. The number of fused-ring (bicyclic) bond motifs is 1. The van der Waals surface area contributed by atoms with E-state index in [4.69, 9.17) is 4.74 Å². The quantitative estimate of drug-likeness (QED) is 0.423. The number of benzene rings is 2. The van der Waals surface area contributed by atoms with Gasteiger partial charge in [-0.2, -0.15) is 0 Å². The van der Waals surface area contributed by atoms with E-state index in [2.05, 4.69) is 14.7 Å². The summed E-state index contributed by atoms with van der Waals surface area (Å²) in [6.07, 6.45) is 2.81. The number of anilines is 1. The van der Waals surface area contributed by atoms with Crippen LogP contribution in [0.2, 0.25) is 0 Å². The van der Waals surface area contributed by atoms with Crippen molar-refractivity contribution in [2.45, 2.75) is 11.8 Å². The summed E-state index contributed by atoms with van der Waals surface area (Å²) < 4.78 is 62.4. The van der Waals surface area contributed by atoms with Crippen molar-refractivity contribution >= 4 is 32.5 Å². The Morgan fingerprint density at radius 1 is 1.16 bits per heavy atom. The number of nitrogens with one attached hydrogen (secondary N) is 2. The Bertz CT molecular complexity index is 1470. The zero-order chi connectivity index (χ0) is 23.0. The van der Waals surface area contributed by atoms with Crippen molar-refractivity contribution in [2.24, 2.45) is 0 Å². The predicted molar refractivity (Wildman–Crippen MR) is 114 cm³/mol. The number of sulfonamides is 1. The van der Waals surface area contributed by atoms with E-state index in [9.17, 15) is 17.6 Å². The average Bonchev–Trinajstić information content (AvgIpc) is 3.20. The maximum absolute atomic E-state index is 15.2. The van der Waals surface area contributed by atoms with Crippen LogP contribution in [0, 0.1) is 18.6 Å². The molecule has 0 unspecified atom stereocenters. The molecular formula is C22H17F2N3O4S. The number of H-pyrrole nitrogens is 1. The lowest BCUT2D eigenvalue weighted by atomic mass is 10.0. The van der Waals surface area contributed by atoms with Crippen LogP contribution in [0.25, 0.3) is 11.0 Å². The Balaban J connectivity index is 1.74. The van der Waals surface area contributed by atoms with Gasteiger partial charge in [-0.15, -0.1) is 0 Å². The van der Waals surface area contributed by atoms with Crippen LogP contribution in [0.5, 0.6) is 5.75 Å². The first-order valence-electron chi connectivity index (χ1n) is 9.35. The van der Waals surface area contributed by atoms with Gasteiger partial charge in [-0.05, 0) is 55.0 Å². The number of methoxy groups -OCH3 is 1. The van der Waals surface area contributed by atoms with Crippen LogP contribution in [0.3, 0.4) is 0 Å². The lowest BCUT2D eigenvalue weighted by Gasteiger charge is -2.13. The molecule has 0 saturated carbocycles. The van der Waals surface area contributed by atoms with Gasteiger partial charge < -0.3 is 9.72 Å². The van der Waals surface area contributed by atoms with Gasteiger partial charge in [0.05, 0.1) is 23.3 Å². The van der Waals surface area contributed by atoms with E-state index >= 15 is 4.39 Å². The molecule has 164 valence electrons. The number of aryl methyl sites for hydroxylation is 1. The number of ketones is 1. The van der Waals surface area contributed by atoms with Crippen molar-refractivity contribution in [1.29, 1.82) is 0 Å². The van der Waals surface area contributed by atoms with Gasteiger partial charge in [-0.1, -0.05) is 0 Å². The molecule has 0 fully saturated rings. The Labute approximate surface area is 182 Å². The number of rotatable bonds is 6. The van der Waals surface area contributed by atoms with Crippen LogP contribution in [-0.4, -0.2) is 31.3 Å². The fourth-order valence-corrected chi connectivity index (χ4v) is 4.48. The summed E-state index contributed by atoms with van der Waals surface area (Å²) in [6.45, 7) is 1.66. The molecule has 0 bridgehead atoms. The van der Waals surface area contributed by atoms with E-state index in [1.54, 1.807) is 19.1 Å². The van der Waals surface area contributed by atoms with E-state index in [-0.39, 0.29) is 10.5 Å². The molecule has 0 radical (unpaired) electrons. The first-order chi connectivity index (χ1) is 15.2. The zero-order valence-corrected chi connectivity index (χ0v) is 17.8. The number of nitrogens with zero attached hydrogens (tertiary/aromatic N) is 1. The second-order valence-electron chi connectivity index (χ2n) is 6.95. The smallest absolute Gasteiger partial charge is 0.262 e. The SMILES string of the molecule is COc1ccc(S(=O)(=O)Nc2ccc(F)c(C(=O)c3c[nH]c4ncccc34)c2F)cc1C. The van der Waals surface area contributed by atoms with E-state index < -0.39 is 38.7 Å². The monoisotopic (exact) mass is 457 g/mol. The third-order valence-corrected chi connectivity index (χ3v) is 6.30. The third-order valence-electron chi connectivity index (χ3n) is 4.93. The zero-order valence-electron chi connectivity index (χ0n) is 16.9. The summed E-state index contributed by atoms with van der Waals surface area (Å²) in [5.41, 5.74) is -0.485. The van der Waals surface area contributed by atoms with E-state index in [1.807, 2.05) is 0 Å². The molecule has 7 nitrogen and oxygen atoms in total. The lowest BCUT2D eigenvalue weighted by Crippen LogP contribution is -2.16. The average molecular weight is 457 g/mol. The van der Waals surface area contributed by atoms with Gasteiger partial charge in [0.2, 0.25) is 5.78 Å². The van der Waals surface area contributed by atoms with Crippen LogP contribution in [0.4, 0.5) is 14.5 Å². The predicted octanol–water partition coefficient (Wildman–Crippen LogP) is 4.19. The number of ether oxygens (including phenoxy) is 1. The largest absolute Gasteiger partial charge is 0.496 e. The highest BCUT2D eigenvalue weighted by Crippen LogP contribution is 2.29. The molecule has 0 atom stereocenters. The summed E-state index contributed by atoms with van der Waals surface area (Å²) in [5.74, 6) is -2.89. The molecule has 4 rings (SSSR count). The maximum atomic E-state index is 15.2. The van der Waals surface area contributed by atoms with Crippen molar-refractivity contribution in [1.82, 2.24) is 9.97 Å². The van der Waals surface area contributed by atoms with Crippen LogP contribution < -0.4 is 9.46 Å². The molecule has 2 N–H and O–H groups in total. The number of carbonyl (C=O) groups is 1. The molecule has 10 heteroatoms. The third kappa shape index (κ3) is 3.69. The minimum absolute atomic E-state index is 0.0108. The molecule has 2 heterocycles. The topological polar surface area (TPSA) is 101 Å². The standard InChI is InChI=1S/C22H17F2N3O4S/c1-12-10-13(5-8-18(12)31-2)32(29,30)27-17-7-6-16(23)19(20(17)24)21(28)15-11-26-22-14(15)4-3-9-25-22/h3-11,27H,1-2H3,(H,25,26). The Morgan fingerprint density at radius 2 is 1.94 bits per heavy atom. The highest BCUT2D eigenvalue weighted by atomic mass is 32.2. The van der Waals surface area contributed by atoms with Crippen molar-refractivity contribution in [2.75, 3.05) is 11.8 Å². The molecule has 0 aliphatic rings. The van der Waals surface area contributed by atoms with Gasteiger partial charge >= 0.3 is 0 Å². The van der Waals surface area contributed by atoms with Crippen LogP contribution >= 0.6 is 0 Å². The molecule has 0 spiro atoms. The second-order valence-corrected chi connectivity index (χ2v) is 8.63. The number of aromatic amines is 1. The molecular weight excluding hydrogens is 440 g/mol. The fourth-order valence-electron chi connectivity index (χ4n) is 3.34. The highest BCUT2D eigenvalue weighted by molar-refractivity contribution is 7.92. The van der Waals surface area contributed by atoms with Crippen molar-refractivity contribution in [3.05, 3.63) is 83.2 Å². The Kier molecular flexibility index (Phi) is 5.39. The Hall–Kier alpha value is -3.79. The first kappa shape index (κ1) is 21.4. The number of aromatic nitrogens is 2. The number of hydrogen-bond donors (Lipinski definition) is 2. The van der Waals surface area contributed by atoms with Gasteiger partial charge in [0.15, 0.2) is 5.82 Å². The minimum Gasteiger partial charge on any atom is -0.496 e. The highest BCUT2D eigenvalue weighted by Gasteiger charge is 2.26. The maximum Gasteiger partial charge on any atom is 0.262 e. The number of halogens is 2. The molecule has 0 aliphatic heterocycles. The van der Waals surface area contributed by atoms with Gasteiger partial charge in [-0.25, -0.2) is 22.2 Å². The van der Waals surface area contributed by atoms with E-state index in [1.165, 1.54) is 37.7 Å². The molecule has 4 aromatic rings. The molecule has 2 aromatic carbocycles.